The van der Waals surface area contributed by atoms with Gasteiger partial charge in [0.25, 0.3) is 5.91 Å². The first-order chi connectivity index (χ1) is 18.4. The van der Waals surface area contributed by atoms with Gasteiger partial charge in [0, 0.05) is 27.7 Å². The molecule has 4 saturated carbocycles. The molecule has 4 bridgehead atoms. The Morgan fingerprint density at radius 1 is 0.921 bits per heavy atom. The summed E-state index contributed by atoms with van der Waals surface area (Å²) in [4.78, 5) is 13.3. The summed E-state index contributed by atoms with van der Waals surface area (Å²) in [6.07, 6.45) is 10.9. The maximum absolute atomic E-state index is 13.3. The highest BCUT2D eigenvalue weighted by Gasteiger charge is 2.47. The molecule has 4 fully saturated rings. The summed E-state index contributed by atoms with van der Waals surface area (Å²) in [5.74, 6) is 4.75. The summed E-state index contributed by atoms with van der Waals surface area (Å²) >= 11 is 18.8. The van der Waals surface area contributed by atoms with Crippen LogP contribution in [0.15, 0.2) is 42.5 Å². The SMILES string of the molecule is Cc1c(C(=O)NCCCCC2[C@H]3C[C@@H]4C[C@@H](C[C@H]2C4)C3)nn(-c2ccc(Cl)cc2Cl)c1-c1ccc(Cl)cc1. The van der Waals surface area contributed by atoms with E-state index in [1.807, 2.05) is 37.3 Å². The third-order valence-electron chi connectivity index (χ3n) is 9.26. The second kappa shape index (κ2) is 10.9. The number of benzene rings is 2. The van der Waals surface area contributed by atoms with E-state index >= 15 is 0 Å². The molecule has 0 atom stereocenters. The number of nitrogens with zero attached hydrogens (tertiary/aromatic N) is 2. The maximum Gasteiger partial charge on any atom is 0.272 e. The lowest BCUT2D eigenvalue weighted by atomic mass is 9.51. The summed E-state index contributed by atoms with van der Waals surface area (Å²) in [6.45, 7) is 2.59. The predicted octanol–water partition coefficient (Wildman–Crippen LogP) is 8.78. The highest BCUT2D eigenvalue weighted by Crippen LogP contribution is 2.57. The lowest BCUT2D eigenvalue weighted by molar-refractivity contribution is -0.0403. The van der Waals surface area contributed by atoms with Gasteiger partial charge in [0.2, 0.25) is 0 Å². The summed E-state index contributed by atoms with van der Waals surface area (Å²) in [5, 5.41) is 9.52. The molecule has 1 N–H and O–H groups in total. The van der Waals surface area contributed by atoms with Gasteiger partial charge >= 0.3 is 0 Å². The van der Waals surface area contributed by atoms with Crippen molar-refractivity contribution in [3.05, 3.63) is 68.8 Å². The van der Waals surface area contributed by atoms with E-state index in [1.54, 1.807) is 16.8 Å². The minimum Gasteiger partial charge on any atom is -0.351 e. The fourth-order valence-corrected chi connectivity index (χ4v) is 8.40. The lowest BCUT2D eigenvalue weighted by Crippen LogP contribution is -2.45. The number of nitrogens with one attached hydrogen (secondary N) is 1. The van der Waals surface area contributed by atoms with Crippen molar-refractivity contribution in [3.63, 3.8) is 0 Å². The average molecular weight is 571 g/mol. The van der Waals surface area contributed by atoms with E-state index in [2.05, 4.69) is 5.32 Å². The Hall–Kier alpha value is -2.01. The molecule has 38 heavy (non-hydrogen) atoms. The zero-order chi connectivity index (χ0) is 26.4. The van der Waals surface area contributed by atoms with E-state index in [-0.39, 0.29) is 5.91 Å². The Morgan fingerprint density at radius 2 is 1.58 bits per heavy atom. The molecule has 0 saturated heterocycles. The quantitative estimate of drug-likeness (QED) is 0.275. The molecule has 7 rings (SSSR count). The van der Waals surface area contributed by atoms with Crippen molar-refractivity contribution in [1.29, 1.82) is 0 Å². The summed E-state index contributed by atoms with van der Waals surface area (Å²) in [7, 11) is 0. The van der Waals surface area contributed by atoms with Gasteiger partial charge in [0.1, 0.15) is 0 Å². The molecular formula is C31H34Cl3N3O. The fourth-order valence-electron chi connectivity index (χ4n) is 7.79. The number of rotatable bonds is 8. The Morgan fingerprint density at radius 3 is 2.24 bits per heavy atom. The Bertz CT molecular complexity index is 1300. The number of amides is 1. The molecular weight excluding hydrogens is 537 g/mol. The van der Waals surface area contributed by atoms with Crippen molar-refractivity contribution >= 4 is 40.7 Å². The molecule has 1 heterocycles. The van der Waals surface area contributed by atoms with Crippen LogP contribution in [0.25, 0.3) is 16.9 Å². The van der Waals surface area contributed by atoms with E-state index < -0.39 is 0 Å². The van der Waals surface area contributed by atoms with Crippen molar-refractivity contribution in [2.75, 3.05) is 6.54 Å². The molecule has 1 amide bonds. The summed E-state index contributed by atoms with van der Waals surface area (Å²) < 4.78 is 1.73. The van der Waals surface area contributed by atoms with E-state index in [0.717, 1.165) is 52.8 Å². The fraction of sp³-hybridized carbons (Fsp3) is 0.484. The van der Waals surface area contributed by atoms with Crippen molar-refractivity contribution in [1.82, 2.24) is 15.1 Å². The molecule has 7 heteroatoms. The molecule has 0 radical (unpaired) electrons. The first kappa shape index (κ1) is 26.2. The van der Waals surface area contributed by atoms with Crippen molar-refractivity contribution in [2.45, 2.75) is 58.3 Å². The van der Waals surface area contributed by atoms with Gasteiger partial charge in [0.15, 0.2) is 5.69 Å². The minimum atomic E-state index is -0.156. The molecule has 2 aromatic carbocycles. The molecule has 3 aromatic rings. The van der Waals surface area contributed by atoms with Crippen molar-refractivity contribution < 1.29 is 4.79 Å². The highest BCUT2D eigenvalue weighted by molar-refractivity contribution is 6.35. The third kappa shape index (κ3) is 5.12. The second-order valence-corrected chi connectivity index (χ2v) is 13.0. The molecule has 1 aromatic heterocycles. The third-order valence-corrected chi connectivity index (χ3v) is 10.1. The number of hydrogen-bond donors (Lipinski definition) is 1. The molecule has 200 valence electrons. The zero-order valence-corrected chi connectivity index (χ0v) is 24.0. The van der Waals surface area contributed by atoms with Gasteiger partial charge in [0.05, 0.1) is 16.4 Å². The van der Waals surface area contributed by atoms with Crippen molar-refractivity contribution in [2.24, 2.45) is 29.6 Å². The van der Waals surface area contributed by atoms with Gasteiger partial charge in [-0.05, 0) is 112 Å². The molecule has 0 aliphatic heterocycles. The van der Waals surface area contributed by atoms with Crippen molar-refractivity contribution in [3.8, 4) is 16.9 Å². The molecule has 4 aliphatic rings. The van der Waals surface area contributed by atoms with Gasteiger partial charge < -0.3 is 5.32 Å². The predicted molar refractivity (Wildman–Crippen MR) is 155 cm³/mol. The Labute approximate surface area is 240 Å². The van der Waals surface area contributed by atoms with E-state index in [9.17, 15) is 4.79 Å². The normalized spacial score (nSPS) is 25.6. The molecule has 0 unspecified atom stereocenters. The van der Waals surface area contributed by atoms with Gasteiger partial charge in [-0.25, -0.2) is 4.68 Å². The van der Waals surface area contributed by atoms with Crippen LogP contribution in [0.4, 0.5) is 0 Å². The summed E-state index contributed by atoms with van der Waals surface area (Å²) in [5.41, 5.74) is 3.57. The zero-order valence-electron chi connectivity index (χ0n) is 21.7. The first-order valence-electron chi connectivity index (χ1n) is 14.0. The molecule has 4 aliphatic carbocycles. The van der Waals surface area contributed by atoms with Gasteiger partial charge in [-0.3, -0.25) is 4.79 Å². The van der Waals surface area contributed by atoms with Crippen LogP contribution in [-0.2, 0) is 0 Å². The highest BCUT2D eigenvalue weighted by atomic mass is 35.5. The van der Waals surface area contributed by atoms with Crippen LogP contribution < -0.4 is 5.32 Å². The van der Waals surface area contributed by atoms with E-state index in [0.29, 0.717) is 33.0 Å². The molecule has 0 spiro atoms. The number of aromatic nitrogens is 2. The smallest absolute Gasteiger partial charge is 0.272 e. The average Bonchev–Trinajstić information content (AvgIpc) is 3.22. The Kier molecular flexibility index (Phi) is 7.50. The Balaban J connectivity index is 1.14. The number of carbonyl (C=O) groups excluding carboxylic acids is 1. The number of carbonyl (C=O) groups is 1. The van der Waals surface area contributed by atoms with E-state index in [4.69, 9.17) is 39.9 Å². The number of hydrogen-bond acceptors (Lipinski definition) is 2. The monoisotopic (exact) mass is 569 g/mol. The number of halogens is 3. The van der Waals surface area contributed by atoms with Gasteiger partial charge in [-0.2, -0.15) is 5.10 Å². The van der Waals surface area contributed by atoms with Crippen LogP contribution in [0, 0.1) is 36.5 Å². The molecule has 4 nitrogen and oxygen atoms in total. The first-order valence-corrected chi connectivity index (χ1v) is 15.1. The number of unbranched alkanes of at least 4 members (excludes halogenated alkanes) is 1. The lowest BCUT2D eigenvalue weighted by Gasteiger charge is -2.54. The van der Waals surface area contributed by atoms with Crippen LogP contribution in [0.2, 0.25) is 15.1 Å². The largest absolute Gasteiger partial charge is 0.351 e. The topological polar surface area (TPSA) is 46.9 Å². The minimum absolute atomic E-state index is 0.156. The van der Waals surface area contributed by atoms with E-state index in [1.165, 1.54) is 44.9 Å². The second-order valence-electron chi connectivity index (χ2n) is 11.7. The van der Waals surface area contributed by atoms with Crippen LogP contribution in [-0.4, -0.2) is 22.2 Å². The summed E-state index contributed by atoms with van der Waals surface area (Å²) in [6, 6.07) is 12.8. The van der Waals surface area contributed by atoms with Crippen LogP contribution in [0.5, 0.6) is 0 Å². The van der Waals surface area contributed by atoms with Gasteiger partial charge in [-0.1, -0.05) is 53.4 Å². The van der Waals surface area contributed by atoms with Crippen LogP contribution in [0.3, 0.4) is 0 Å². The maximum atomic E-state index is 13.3. The van der Waals surface area contributed by atoms with Crippen LogP contribution in [0.1, 0.15) is 67.4 Å². The standard InChI is InChI=1S/C31H34Cl3N3O/c1-18-29(31(38)35-11-3-2-4-26-22-13-19-12-20(15-22)16-23(26)14-19)36-37(28-10-9-25(33)17-27(28)34)30(18)21-5-7-24(32)8-6-21/h5-10,17,19-20,22-23,26H,2-4,11-16H2,1H3,(H,35,38)/t19-,20+,22-,23+,26?. The van der Waals surface area contributed by atoms with Gasteiger partial charge in [-0.15, -0.1) is 0 Å². The van der Waals surface area contributed by atoms with Crippen LogP contribution >= 0.6 is 34.8 Å².